The van der Waals surface area contributed by atoms with Crippen LogP contribution in [0.2, 0.25) is 0 Å². The number of Topliss-reactive ketones (excluding diaryl/α,β-unsaturated/α-hetero) is 2. The van der Waals surface area contributed by atoms with Gasteiger partial charge in [-0.05, 0) is 152 Å². The maximum Gasteiger partial charge on any atom is 0.168 e. The maximum absolute atomic E-state index is 13.3. The molecule has 0 aromatic heterocycles. The molecule has 2 aromatic rings. The van der Waals surface area contributed by atoms with Gasteiger partial charge in [0.25, 0.3) is 0 Å². The Balaban J connectivity index is 1.82. The van der Waals surface area contributed by atoms with Crippen molar-refractivity contribution in [1.29, 1.82) is 0 Å². The molecule has 2 rings (SSSR count). The Labute approximate surface area is 367 Å². The first-order chi connectivity index (χ1) is 29.4. The van der Waals surface area contributed by atoms with E-state index in [-0.39, 0.29) is 11.6 Å². The van der Waals surface area contributed by atoms with Crippen molar-refractivity contribution < 1.29 is 19.1 Å². The molecular weight excluding hydrogens is 745 g/mol. The number of benzene rings is 2. The van der Waals surface area contributed by atoms with Gasteiger partial charge in [-0.2, -0.15) is 0 Å². The Kier molecular flexibility index (Phi) is 31.0. The van der Waals surface area contributed by atoms with Gasteiger partial charge in [-0.25, -0.2) is 0 Å². The summed E-state index contributed by atoms with van der Waals surface area (Å²) in [6.07, 6.45) is 20.3. The van der Waals surface area contributed by atoms with Crippen molar-refractivity contribution in [3.8, 4) is 11.5 Å². The Morgan fingerprint density at radius 1 is 0.433 bits per heavy atom. The van der Waals surface area contributed by atoms with Crippen molar-refractivity contribution in [2.45, 2.75) is 170 Å². The summed E-state index contributed by atoms with van der Waals surface area (Å²) < 4.78 is 12.1. The van der Waals surface area contributed by atoms with Crippen molar-refractivity contribution >= 4 is 23.0 Å². The quantitative estimate of drug-likeness (QED) is 0.0379. The SMILES string of the molecule is CCCCC(CC(=O)c1ccc(OCCCN(CCCC)CCCC)cc1)=NCCCCN=C(CCCC)CC(=O)c1ccc(OCCCN(CCCC)CCCC)cc1. The van der Waals surface area contributed by atoms with E-state index in [1.165, 1.54) is 77.5 Å². The Morgan fingerprint density at radius 2 is 0.750 bits per heavy atom. The normalized spacial score (nSPS) is 12.1. The van der Waals surface area contributed by atoms with Crippen LogP contribution in [0.15, 0.2) is 58.5 Å². The van der Waals surface area contributed by atoms with Gasteiger partial charge in [-0.1, -0.05) is 80.1 Å². The lowest BCUT2D eigenvalue weighted by atomic mass is 10.0. The average Bonchev–Trinajstić information content (AvgIpc) is 3.27. The van der Waals surface area contributed by atoms with Gasteiger partial charge in [0.15, 0.2) is 11.6 Å². The first kappa shape index (κ1) is 52.8. The highest BCUT2D eigenvalue weighted by Gasteiger charge is 2.13. The molecule has 8 nitrogen and oxygen atoms in total. The number of nitrogens with zero attached hydrogens (tertiary/aromatic N) is 4. The van der Waals surface area contributed by atoms with Crippen molar-refractivity contribution in [3.63, 3.8) is 0 Å². The molecule has 0 spiro atoms. The minimum Gasteiger partial charge on any atom is -0.494 e. The molecule has 0 amide bonds. The molecule has 0 unspecified atom stereocenters. The molecule has 0 bridgehead atoms. The van der Waals surface area contributed by atoms with Crippen LogP contribution in [0, 0.1) is 0 Å². The third-order valence-corrected chi connectivity index (χ3v) is 11.0. The topological polar surface area (TPSA) is 83.8 Å². The van der Waals surface area contributed by atoms with Crippen molar-refractivity contribution in [3.05, 3.63) is 59.7 Å². The molecule has 0 aliphatic rings. The third-order valence-electron chi connectivity index (χ3n) is 11.0. The number of carbonyl (C=O) groups is 2. The van der Waals surface area contributed by atoms with Crippen LogP contribution >= 0.6 is 0 Å². The lowest BCUT2D eigenvalue weighted by Crippen LogP contribution is -2.28. The van der Waals surface area contributed by atoms with Crippen LogP contribution < -0.4 is 9.47 Å². The molecule has 338 valence electrons. The number of unbranched alkanes of at least 4 members (excludes halogenated alkanes) is 7. The summed E-state index contributed by atoms with van der Waals surface area (Å²) in [5, 5.41) is 0. The van der Waals surface area contributed by atoms with Crippen LogP contribution in [0.1, 0.15) is 191 Å². The molecule has 0 atom stereocenters. The second-order valence-corrected chi connectivity index (χ2v) is 16.6. The maximum atomic E-state index is 13.3. The molecule has 60 heavy (non-hydrogen) atoms. The highest BCUT2D eigenvalue weighted by molar-refractivity contribution is 6.10. The molecule has 0 N–H and O–H groups in total. The fourth-order valence-corrected chi connectivity index (χ4v) is 7.11. The fraction of sp³-hybridized carbons (Fsp3) is 0.692. The molecule has 0 saturated heterocycles. The van der Waals surface area contributed by atoms with Gasteiger partial charge < -0.3 is 19.3 Å². The van der Waals surface area contributed by atoms with Crippen LogP contribution in [-0.4, -0.2) is 98.4 Å². The van der Waals surface area contributed by atoms with Crippen molar-refractivity contribution in [2.24, 2.45) is 9.98 Å². The Morgan fingerprint density at radius 3 is 1.07 bits per heavy atom. The number of aliphatic imine (C=N–C) groups is 2. The number of ketones is 2. The zero-order valence-electron chi connectivity index (χ0n) is 39.3. The van der Waals surface area contributed by atoms with Gasteiger partial charge in [0.2, 0.25) is 0 Å². The molecule has 0 heterocycles. The van der Waals surface area contributed by atoms with Crippen LogP contribution in [0.25, 0.3) is 0 Å². The monoisotopic (exact) mass is 831 g/mol. The lowest BCUT2D eigenvalue weighted by molar-refractivity contribution is 0.0991. The second-order valence-electron chi connectivity index (χ2n) is 16.6. The smallest absolute Gasteiger partial charge is 0.168 e. The van der Waals surface area contributed by atoms with E-state index < -0.39 is 0 Å². The van der Waals surface area contributed by atoms with E-state index >= 15 is 0 Å². The van der Waals surface area contributed by atoms with Crippen LogP contribution in [-0.2, 0) is 0 Å². The summed E-state index contributed by atoms with van der Waals surface area (Å²) in [4.78, 5) is 41.5. The standard InChI is InChI=1S/C52H86N4O4/c1-7-13-23-47(43-51(57)45-25-29-49(30-26-45)59-41-21-39-55(35-15-9-3)36-16-10-4)53-33-19-20-34-54-48(24-14-8-2)44-52(58)46-27-31-50(32-28-46)60-42-22-40-56(37-17-11-5)38-18-12-6/h25-32H,7-24,33-44H2,1-6H3. The van der Waals surface area contributed by atoms with E-state index in [0.717, 1.165) is 100 Å². The number of hydrogen-bond donors (Lipinski definition) is 0. The summed E-state index contributed by atoms with van der Waals surface area (Å²) in [5.74, 6) is 1.85. The van der Waals surface area contributed by atoms with E-state index in [1.807, 2.05) is 48.5 Å². The van der Waals surface area contributed by atoms with Crippen LogP contribution in [0.5, 0.6) is 11.5 Å². The molecule has 0 fully saturated rings. The van der Waals surface area contributed by atoms with Gasteiger partial charge in [0, 0.05) is 61.6 Å². The minimum atomic E-state index is 0.110. The van der Waals surface area contributed by atoms with Gasteiger partial charge in [-0.3, -0.25) is 19.6 Å². The predicted octanol–water partition coefficient (Wildman–Crippen LogP) is 12.9. The minimum absolute atomic E-state index is 0.110. The molecular formula is C52H86N4O4. The molecule has 0 saturated carbocycles. The first-order valence-electron chi connectivity index (χ1n) is 24.4. The van der Waals surface area contributed by atoms with Crippen molar-refractivity contribution in [2.75, 3.05) is 65.6 Å². The average molecular weight is 831 g/mol. The molecule has 2 aromatic carbocycles. The zero-order valence-corrected chi connectivity index (χ0v) is 39.3. The predicted molar refractivity (Wildman–Crippen MR) is 256 cm³/mol. The highest BCUT2D eigenvalue weighted by atomic mass is 16.5. The van der Waals surface area contributed by atoms with Gasteiger partial charge >= 0.3 is 0 Å². The summed E-state index contributed by atoms with van der Waals surface area (Å²) in [6.45, 7) is 22.9. The molecule has 0 aliphatic carbocycles. The summed E-state index contributed by atoms with van der Waals surface area (Å²) in [6, 6.07) is 15.3. The van der Waals surface area contributed by atoms with Crippen molar-refractivity contribution in [1.82, 2.24) is 9.80 Å². The third kappa shape index (κ3) is 24.8. The van der Waals surface area contributed by atoms with E-state index in [1.54, 1.807) is 0 Å². The van der Waals surface area contributed by atoms with Crippen LogP contribution in [0.4, 0.5) is 0 Å². The van der Waals surface area contributed by atoms with Gasteiger partial charge in [0.05, 0.1) is 13.2 Å². The summed E-state index contributed by atoms with van der Waals surface area (Å²) in [7, 11) is 0. The lowest BCUT2D eigenvalue weighted by Gasteiger charge is -2.21. The Hall–Kier alpha value is -3.36. The van der Waals surface area contributed by atoms with E-state index in [2.05, 4.69) is 51.3 Å². The Bertz CT molecular complexity index is 1310. The van der Waals surface area contributed by atoms with E-state index in [4.69, 9.17) is 19.5 Å². The van der Waals surface area contributed by atoms with Gasteiger partial charge in [0.1, 0.15) is 11.5 Å². The number of carbonyl (C=O) groups excluding carboxylic acids is 2. The highest BCUT2D eigenvalue weighted by Crippen LogP contribution is 2.17. The molecule has 0 radical (unpaired) electrons. The molecule has 0 aliphatic heterocycles. The van der Waals surface area contributed by atoms with Crippen LogP contribution in [0.3, 0.4) is 0 Å². The van der Waals surface area contributed by atoms with E-state index in [9.17, 15) is 9.59 Å². The largest absolute Gasteiger partial charge is 0.494 e. The summed E-state index contributed by atoms with van der Waals surface area (Å²) in [5.41, 5.74) is 3.40. The van der Waals surface area contributed by atoms with E-state index in [0.29, 0.717) is 50.3 Å². The fourth-order valence-electron chi connectivity index (χ4n) is 7.11. The number of rotatable bonds is 39. The number of ether oxygens (including phenoxy) is 2. The van der Waals surface area contributed by atoms with Gasteiger partial charge in [-0.15, -0.1) is 0 Å². The zero-order chi connectivity index (χ0) is 43.5. The summed E-state index contributed by atoms with van der Waals surface area (Å²) >= 11 is 0. The number of hydrogen-bond acceptors (Lipinski definition) is 8. The second kappa shape index (κ2) is 35.3. The first-order valence-corrected chi connectivity index (χ1v) is 24.4. The molecule has 8 heteroatoms.